The summed E-state index contributed by atoms with van der Waals surface area (Å²) in [5.41, 5.74) is 0. The van der Waals surface area contributed by atoms with E-state index < -0.39 is 29.9 Å². The second-order valence-electron chi connectivity index (χ2n) is 3.42. The summed E-state index contributed by atoms with van der Waals surface area (Å²) in [4.78, 5) is 46.3. The summed E-state index contributed by atoms with van der Waals surface area (Å²) >= 11 is 0. The van der Waals surface area contributed by atoms with E-state index in [-0.39, 0.29) is 13.2 Å². The van der Waals surface area contributed by atoms with Crippen molar-refractivity contribution in [1.82, 2.24) is 9.80 Å². The third kappa shape index (κ3) is 2.26. The van der Waals surface area contributed by atoms with Crippen molar-refractivity contribution in [3.05, 3.63) is 0 Å². The number of nitrogens with zero attached hydrogens (tertiary/aromatic N) is 2. The number of carbonyl (C=O) groups excluding carboxylic acids is 3. The van der Waals surface area contributed by atoms with E-state index >= 15 is 0 Å². The van der Waals surface area contributed by atoms with Crippen LogP contribution in [0, 0.1) is 0 Å². The molecule has 0 spiro atoms. The molecule has 8 heteroatoms. The topological polar surface area (TPSA) is 104 Å². The molecule has 0 aromatic heterocycles. The molecule has 0 saturated carbocycles. The number of carbonyl (C=O) groups is 4. The van der Waals surface area contributed by atoms with Crippen LogP contribution in [0.15, 0.2) is 0 Å². The molecule has 1 aliphatic rings. The van der Waals surface area contributed by atoms with Crippen LogP contribution in [0.3, 0.4) is 0 Å². The van der Waals surface area contributed by atoms with Gasteiger partial charge in [-0.15, -0.1) is 0 Å². The van der Waals surface area contributed by atoms with Gasteiger partial charge in [0.2, 0.25) is 0 Å². The summed E-state index contributed by atoms with van der Waals surface area (Å²) in [6.07, 6.45) is 0. The lowest BCUT2D eigenvalue weighted by molar-refractivity contribution is -0.149. The van der Waals surface area contributed by atoms with Crippen molar-refractivity contribution in [3.63, 3.8) is 0 Å². The zero-order valence-electron chi connectivity index (χ0n) is 9.37. The minimum atomic E-state index is -1.37. The first-order valence-corrected chi connectivity index (χ1v) is 4.82. The van der Waals surface area contributed by atoms with Crippen molar-refractivity contribution in [2.24, 2.45) is 0 Å². The molecule has 8 nitrogen and oxygen atoms in total. The van der Waals surface area contributed by atoms with E-state index in [2.05, 4.69) is 4.74 Å². The van der Waals surface area contributed by atoms with Crippen molar-refractivity contribution >= 4 is 23.8 Å². The predicted molar refractivity (Wildman–Crippen MR) is 52.9 cm³/mol. The molecular weight excluding hydrogens is 232 g/mol. The van der Waals surface area contributed by atoms with Crippen molar-refractivity contribution in [1.29, 1.82) is 0 Å². The van der Waals surface area contributed by atoms with Crippen LogP contribution >= 0.6 is 0 Å². The van der Waals surface area contributed by atoms with Gasteiger partial charge in [0.05, 0.1) is 13.2 Å². The number of hydrogen-bond donors (Lipinski definition) is 1. The average molecular weight is 244 g/mol. The van der Waals surface area contributed by atoms with E-state index in [4.69, 9.17) is 5.11 Å². The Morgan fingerprint density at radius 3 is 2.41 bits per heavy atom. The van der Waals surface area contributed by atoms with E-state index in [0.717, 1.165) is 6.92 Å². The molecule has 0 aromatic carbocycles. The molecule has 0 radical (unpaired) electrons. The van der Waals surface area contributed by atoms with Gasteiger partial charge in [-0.25, -0.2) is 14.5 Å². The Bertz CT molecular complexity index is 380. The van der Waals surface area contributed by atoms with Crippen molar-refractivity contribution in [2.45, 2.75) is 13.0 Å². The molecule has 0 aliphatic carbocycles. The van der Waals surface area contributed by atoms with Crippen molar-refractivity contribution < 1.29 is 29.0 Å². The second-order valence-corrected chi connectivity index (χ2v) is 3.42. The minimum Gasteiger partial charge on any atom is -0.480 e. The Hall–Kier alpha value is -1.96. The number of hydrogen-bond acceptors (Lipinski definition) is 5. The maximum absolute atomic E-state index is 11.7. The van der Waals surface area contributed by atoms with Gasteiger partial charge in [0.15, 0.2) is 0 Å². The summed E-state index contributed by atoms with van der Waals surface area (Å²) in [5.74, 6) is -3.51. The fourth-order valence-corrected chi connectivity index (χ4v) is 1.35. The number of imide groups is 2. The van der Waals surface area contributed by atoms with Gasteiger partial charge < -0.3 is 9.84 Å². The Morgan fingerprint density at radius 2 is 1.94 bits per heavy atom. The summed E-state index contributed by atoms with van der Waals surface area (Å²) in [5, 5.41) is 8.73. The lowest BCUT2D eigenvalue weighted by atomic mass is 10.3. The summed E-state index contributed by atoms with van der Waals surface area (Å²) in [6, 6.07) is -2.29. The second kappa shape index (κ2) is 4.91. The van der Waals surface area contributed by atoms with Gasteiger partial charge in [0, 0.05) is 7.11 Å². The van der Waals surface area contributed by atoms with Gasteiger partial charge in [-0.05, 0) is 6.92 Å². The molecular formula is C9H12N2O6. The maximum Gasteiger partial charge on any atom is 0.335 e. The molecule has 1 rings (SSSR count). The molecule has 1 atom stereocenters. The molecule has 94 valence electrons. The highest BCUT2D eigenvalue weighted by molar-refractivity contribution is 6.45. The summed E-state index contributed by atoms with van der Waals surface area (Å²) in [7, 11) is 1.38. The summed E-state index contributed by atoms with van der Waals surface area (Å²) < 4.78 is 4.69. The Labute approximate surface area is 96.7 Å². The zero-order chi connectivity index (χ0) is 13.2. The van der Waals surface area contributed by atoms with Crippen LogP contribution in [0.2, 0.25) is 0 Å². The predicted octanol–water partition coefficient (Wildman–Crippen LogP) is -1.10. The first-order chi connectivity index (χ1) is 7.91. The number of carboxylic acids is 1. The van der Waals surface area contributed by atoms with Gasteiger partial charge in [-0.2, -0.15) is 0 Å². The van der Waals surface area contributed by atoms with E-state index in [9.17, 15) is 19.2 Å². The van der Waals surface area contributed by atoms with E-state index in [1.807, 2.05) is 0 Å². The van der Waals surface area contributed by atoms with Crippen LogP contribution in [-0.4, -0.2) is 65.0 Å². The SMILES string of the molecule is COCCN1C(=O)C(=O)N(C(C)C(=O)O)C1=O. The van der Waals surface area contributed by atoms with Gasteiger partial charge in [0.25, 0.3) is 0 Å². The van der Waals surface area contributed by atoms with Gasteiger partial charge >= 0.3 is 23.8 Å². The van der Waals surface area contributed by atoms with Gasteiger partial charge in [-0.3, -0.25) is 14.5 Å². The molecule has 1 unspecified atom stereocenters. The molecule has 1 aliphatic heterocycles. The number of carboxylic acid groups (broad SMARTS) is 1. The largest absolute Gasteiger partial charge is 0.480 e. The molecule has 0 aromatic rings. The number of ether oxygens (including phenoxy) is 1. The highest BCUT2D eigenvalue weighted by Gasteiger charge is 2.48. The quantitative estimate of drug-likeness (QED) is 0.486. The van der Waals surface area contributed by atoms with Crippen LogP contribution < -0.4 is 0 Å². The first kappa shape index (κ1) is 13.1. The first-order valence-electron chi connectivity index (χ1n) is 4.82. The van der Waals surface area contributed by atoms with Gasteiger partial charge in [0.1, 0.15) is 6.04 Å². The van der Waals surface area contributed by atoms with E-state index in [1.54, 1.807) is 0 Å². The zero-order valence-corrected chi connectivity index (χ0v) is 9.37. The molecule has 17 heavy (non-hydrogen) atoms. The maximum atomic E-state index is 11.7. The third-order valence-electron chi connectivity index (χ3n) is 2.35. The minimum absolute atomic E-state index is 0.0806. The lowest BCUT2D eigenvalue weighted by Gasteiger charge is -2.18. The van der Waals surface area contributed by atoms with E-state index in [1.165, 1.54) is 7.11 Å². The monoisotopic (exact) mass is 244 g/mol. The molecule has 1 N–H and O–H groups in total. The Kier molecular flexibility index (Phi) is 3.79. The van der Waals surface area contributed by atoms with Crippen LogP contribution in [0.5, 0.6) is 0 Å². The van der Waals surface area contributed by atoms with Crippen molar-refractivity contribution in [3.8, 4) is 0 Å². The van der Waals surface area contributed by atoms with Gasteiger partial charge in [-0.1, -0.05) is 0 Å². The standard InChI is InChI=1S/C9H12N2O6/c1-5(8(14)15)11-7(13)6(12)10(9(11)16)3-4-17-2/h5H,3-4H2,1-2H3,(H,14,15). The smallest absolute Gasteiger partial charge is 0.335 e. The molecule has 0 bridgehead atoms. The number of methoxy groups -OCH3 is 1. The van der Waals surface area contributed by atoms with Crippen LogP contribution in [0.4, 0.5) is 4.79 Å². The normalized spacial score (nSPS) is 17.9. The number of urea groups is 1. The Morgan fingerprint density at radius 1 is 1.35 bits per heavy atom. The fourth-order valence-electron chi connectivity index (χ4n) is 1.35. The number of aliphatic carboxylic acids is 1. The Balaban J connectivity index is 2.90. The third-order valence-corrected chi connectivity index (χ3v) is 2.35. The van der Waals surface area contributed by atoms with Crippen LogP contribution in [-0.2, 0) is 19.1 Å². The molecule has 4 amide bonds. The molecule has 1 fully saturated rings. The summed E-state index contributed by atoms with van der Waals surface area (Å²) in [6.45, 7) is 1.16. The number of amides is 4. The molecule has 1 saturated heterocycles. The van der Waals surface area contributed by atoms with Crippen LogP contribution in [0.25, 0.3) is 0 Å². The van der Waals surface area contributed by atoms with Crippen molar-refractivity contribution in [2.75, 3.05) is 20.3 Å². The highest BCUT2D eigenvalue weighted by atomic mass is 16.5. The number of rotatable bonds is 5. The van der Waals surface area contributed by atoms with E-state index in [0.29, 0.717) is 9.80 Å². The molecule has 1 heterocycles. The fraction of sp³-hybridized carbons (Fsp3) is 0.556. The highest BCUT2D eigenvalue weighted by Crippen LogP contribution is 2.15. The lowest BCUT2D eigenvalue weighted by Crippen LogP contribution is -2.44. The average Bonchev–Trinajstić information content (AvgIpc) is 2.48. The van der Waals surface area contributed by atoms with Crippen LogP contribution in [0.1, 0.15) is 6.92 Å².